The summed E-state index contributed by atoms with van der Waals surface area (Å²) in [5.74, 6) is -0.246. The summed E-state index contributed by atoms with van der Waals surface area (Å²) in [5, 5.41) is 0. The zero-order chi connectivity index (χ0) is 21.9. The molecule has 1 aromatic carbocycles. The third kappa shape index (κ3) is 5.64. The van der Waals surface area contributed by atoms with Gasteiger partial charge in [0.25, 0.3) is 0 Å². The van der Waals surface area contributed by atoms with Gasteiger partial charge in [-0.05, 0) is 92.4 Å². The van der Waals surface area contributed by atoms with Crippen LogP contribution < -0.4 is 0 Å². The Balaban J connectivity index is 1.58. The monoisotopic (exact) mass is 428 g/mol. The van der Waals surface area contributed by atoms with Crippen LogP contribution in [-0.2, 0) is 6.18 Å². The lowest BCUT2D eigenvalue weighted by atomic mass is 9.68. The summed E-state index contributed by atoms with van der Waals surface area (Å²) in [6.07, 6.45) is 9.45. The molecule has 0 atom stereocenters. The molecule has 1 aromatic rings. The minimum Gasteiger partial charge on any atom is -0.206 e. The van der Waals surface area contributed by atoms with Gasteiger partial charge in [-0.15, -0.1) is 0 Å². The van der Waals surface area contributed by atoms with Gasteiger partial charge in [-0.1, -0.05) is 38.7 Å². The Bertz CT molecular complexity index is 709. The Morgan fingerprint density at radius 1 is 0.900 bits per heavy atom. The molecule has 2 fully saturated rings. The number of allylic oxidation sites excluding steroid dienone is 2. The minimum atomic E-state index is -5.03. The van der Waals surface area contributed by atoms with E-state index in [4.69, 9.17) is 0 Å². The van der Waals surface area contributed by atoms with E-state index in [0.717, 1.165) is 42.7 Å². The van der Waals surface area contributed by atoms with Gasteiger partial charge in [0.05, 0.1) is 0 Å². The topological polar surface area (TPSA) is 0 Å². The average Bonchev–Trinajstić information content (AvgIpc) is 2.68. The summed E-state index contributed by atoms with van der Waals surface area (Å²) in [6, 6.07) is 1.61. The van der Waals surface area contributed by atoms with Gasteiger partial charge in [0.1, 0.15) is 17.2 Å². The molecule has 0 spiro atoms. The first-order valence-corrected chi connectivity index (χ1v) is 11.4. The molecule has 168 valence electrons. The SMILES string of the molecule is CCCC1CCC(C2CCC(/C=C(\C)c3cc(F)c(C(F)(F)F)c(F)c3)CC2)CC1. The predicted molar refractivity (Wildman–Crippen MR) is 111 cm³/mol. The maximum Gasteiger partial charge on any atom is 0.422 e. The molecule has 0 aliphatic heterocycles. The van der Waals surface area contributed by atoms with E-state index in [1.54, 1.807) is 6.92 Å². The van der Waals surface area contributed by atoms with Crippen LogP contribution >= 0.6 is 0 Å². The van der Waals surface area contributed by atoms with Crippen LogP contribution in [0.1, 0.15) is 89.2 Å². The molecular weight excluding hydrogens is 395 g/mol. The van der Waals surface area contributed by atoms with E-state index in [0.29, 0.717) is 11.5 Å². The Hall–Kier alpha value is -1.39. The molecule has 30 heavy (non-hydrogen) atoms. The highest BCUT2D eigenvalue weighted by molar-refractivity contribution is 5.64. The van der Waals surface area contributed by atoms with Crippen LogP contribution in [0.5, 0.6) is 0 Å². The molecule has 0 unspecified atom stereocenters. The third-order valence-electron chi connectivity index (χ3n) is 7.34. The molecule has 2 aliphatic rings. The van der Waals surface area contributed by atoms with E-state index < -0.39 is 23.4 Å². The summed E-state index contributed by atoms with van der Waals surface area (Å²) in [6.45, 7) is 3.99. The Kier molecular flexibility index (Phi) is 7.62. The van der Waals surface area contributed by atoms with Crippen LogP contribution in [0.25, 0.3) is 5.57 Å². The first kappa shape index (κ1) is 23.3. The second-order valence-electron chi connectivity index (χ2n) is 9.41. The Morgan fingerprint density at radius 3 is 1.87 bits per heavy atom. The lowest BCUT2D eigenvalue weighted by molar-refractivity contribution is -0.142. The van der Waals surface area contributed by atoms with E-state index in [9.17, 15) is 22.0 Å². The van der Waals surface area contributed by atoms with E-state index >= 15 is 0 Å². The number of alkyl halides is 3. The molecule has 0 saturated heterocycles. The predicted octanol–water partition coefficient (Wildman–Crippen LogP) is 8.80. The highest BCUT2D eigenvalue weighted by Gasteiger charge is 2.38. The van der Waals surface area contributed by atoms with E-state index in [1.165, 1.54) is 51.4 Å². The van der Waals surface area contributed by atoms with Crippen molar-refractivity contribution in [2.45, 2.75) is 84.2 Å². The molecule has 0 N–H and O–H groups in total. The van der Waals surface area contributed by atoms with Crippen molar-refractivity contribution >= 4 is 5.57 Å². The number of benzene rings is 1. The zero-order valence-corrected chi connectivity index (χ0v) is 18.0. The fourth-order valence-corrected chi connectivity index (χ4v) is 5.66. The normalized spacial score (nSPS) is 28.6. The number of halogens is 5. The minimum absolute atomic E-state index is 0.189. The van der Waals surface area contributed by atoms with Gasteiger partial charge in [0, 0.05) is 0 Å². The van der Waals surface area contributed by atoms with Crippen LogP contribution in [0.15, 0.2) is 18.2 Å². The average molecular weight is 429 g/mol. The van der Waals surface area contributed by atoms with E-state index in [1.807, 2.05) is 6.08 Å². The molecule has 0 radical (unpaired) electrons. The summed E-state index contributed by atoms with van der Waals surface area (Å²) in [5.41, 5.74) is -0.979. The second-order valence-corrected chi connectivity index (χ2v) is 9.41. The fourth-order valence-electron chi connectivity index (χ4n) is 5.66. The van der Waals surface area contributed by atoms with Gasteiger partial charge in [-0.3, -0.25) is 0 Å². The highest BCUT2D eigenvalue weighted by atomic mass is 19.4. The van der Waals surface area contributed by atoms with Gasteiger partial charge in [-0.2, -0.15) is 13.2 Å². The number of hydrogen-bond acceptors (Lipinski definition) is 0. The van der Waals surface area contributed by atoms with E-state index in [2.05, 4.69) is 6.92 Å². The van der Waals surface area contributed by atoms with Crippen LogP contribution in [0.4, 0.5) is 22.0 Å². The maximum atomic E-state index is 13.9. The van der Waals surface area contributed by atoms with Crippen molar-refractivity contribution in [3.8, 4) is 0 Å². The molecule has 0 heterocycles. The summed E-state index contributed by atoms with van der Waals surface area (Å²) in [7, 11) is 0. The smallest absolute Gasteiger partial charge is 0.206 e. The number of hydrogen-bond donors (Lipinski definition) is 0. The Morgan fingerprint density at radius 2 is 1.40 bits per heavy atom. The first-order valence-electron chi connectivity index (χ1n) is 11.4. The van der Waals surface area contributed by atoms with Crippen molar-refractivity contribution < 1.29 is 22.0 Å². The molecule has 5 heteroatoms. The van der Waals surface area contributed by atoms with Crippen molar-refractivity contribution in [1.82, 2.24) is 0 Å². The van der Waals surface area contributed by atoms with Crippen molar-refractivity contribution in [1.29, 1.82) is 0 Å². The molecule has 2 saturated carbocycles. The fraction of sp³-hybridized carbons (Fsp3) is 0.680. The van der Waals surface area contributed by atoms with Crippen molar-refractivity contribution in [3.63, 3.8) is 0 Å². The Labute approximate surface area is 176 Å². The first-order chi connectivity index (χ1) is 14.2. The number of rotatable bonds is 5. The molecule has 0 nitrogen and oxygen atoms in total. The standard InChI is InChI=1S/C25H33F5/c1-3-4-17-5-9-19(10-6-17)20-11-7-18(8-12-20)13-16(2)21-14-22(26)24(23(27)15-21)25(28,29)30/h13-15,17-20H,3-12H2,1-2H3/b16-13+. The summed E-state index contributed by atoms with van der Waals surface area (Å²) < 4.78 is 66.1. The van der Waals surface area contributed by atoms with Gasteiger partial charge >= 0.3 is 6.18 Å². The maximum absolute atomic E-state index is 13.9. The molecular formula is C25H33F5. The molecule has 2 aliphatic carbocycles. The molecule has 3 rings (SSSR count). The lowest BCUT2D eigenvalue weighted by Crippen LogP contribution is -2.25. The van der Waals surface area contributed by atoms with Crippen molar-refractivity contribution in [2.75, 3.05) is 0 Å². The van der Waals surface area contributed by atoms with Gasteiger partial charge in [0.2, 0.25) is 0 Å². The summed E-state index contributed by atoms with van der Waals surface area (Å²) in [4.78, 5) is 0. The third-order valence-corrected chi connectivity index (χ3v) is 7.34. The molecule has 0 aromatic heterocycles. The van der Waals surface area contributed by atoms with Crippen LogP contribution in [0.2, 0.25) is 0 Å². The van der Waals surface area contributed by atoms with E-state index in [-0.39, 0.29) is 5.56 Å². The second kappa shape index (κ2) is 9.82. The van der Waals surface area contributed by atoms with Crippen molar-refractivity contribution in [3.05, 3.63) is 41.0 Å². The van der Waals surface area contributed by atoms with Gasteiger partial charge in [-0.25, -0.2) is 8.78 Å². The molecule has 0 bridgehead atoms. The van der Waals surface area contributed by atoms with Crippen LogP contribution in [0, 0.1) is 35.3 Å². The largest absolute Gasteiger partial charge is 0.422 e. The summed E-state index contributed by atoms with van der Waals surface area (Å²) >= 11 is 0. The van der Waals surface area contributed by atoms with Gasteiger partial charge < -0.3 is 0 Å². The van der Waals surface area contributed by atoms with Gasteiger partial charge in [0.15, 0.2) is 0 Å². The quantitative estimate of drug-likeness (QED) is 0.411. The van der Waals surface area contributed by atoms with Crippen molar-refractivity contribution in [2.24, 2.45) is 23.7 Å². The zero-order valence-electron chi connectivity index (χ0n) is 18.0. The highest BCUT2D eigenvalue weighted by Crippen LogP contribution is 2.43. The molecule has 0 amide bonds. The lowest BCUT2D eigenvalue weighted by Gasteiger charge is -2.37. The van der Waals surface area contributed by atoms with Crippen LogP contribution in [0.3, 0.4) is 0 Å². The van der Waals surface area contributed by atoms with Crippen LogP contribution in [-0.4, -0.2) is 0 Å².